The van der Waals surface area contributed by atoms with Gasteiger partial charge in [-0.3, -0.25) is 9.97 Å². The predicted octanol–water partition coefficient (Wildman–Crippen LogP) is 3.52. The molecule has 0 saturated carbocycles. The Morgan fingerprint density at radius 3 is 2.29 bits per heavy atom. The largest absolute Gasteiger partial charge is 0.573 e. The number of hydrogen-bond acceptors (Lipinski definition) is 5. The van der Waals surface area contributed by atoms with Crippen LogP contribution >= 0.6 is 0 Å². The minimum Gasteiger partial charge on any atom is -0.406 e. The number of pyridine rings is 2. The summed E-state index contributed by atoms with van der Waals surface area (Å²) in [4.78, 5) is 8.00. The van der Waals surface area contributed by atoms with Crippen LogP contribution in [-0.2, 0) is 16.6 Å². The first-order valence-corrected chi connectivity index (χ1v) is 9.42. The van der Waals surface area contributed by atoms with Crippen molar-refractivity contribution >= 4 is 10.0 Å². The van der Waals surface area contributed by atoms with Crippen molar-refractivity contribution in [3.05, 3.63) is 72.7 Å². The summed E-state index contributed by atoms with van der Waals surface area (Å²) in [5, 5.41) is 0. The maximum absolute atomic E-state index is 12.4. The molecule has 0 radical (unpaired) electrons. The van der Waals surface area contributed by atoms with Gasteiger partial charge in [0.25, 0.3) is 0 Å². The molecule has 0 amide bonds. The van der Waals surface area contributed by atoms with Crippen LogP contribution in [0.2, 0.25) is 0 Å². The molecule has 0 unspecified atom stereocenters. The lowest BCUT2D eigenvalue weighted by atomic mass is 10.1. The molecule has 1 aromatic carbocycles. The molecule has 0 aliphatic carbocycles. The Morgan fingerprint density at radius 2 is 1.64 bits per heavy atom. The number of hydrogen-bond donors (Lipinski definition) is 1. The van der Waals surface area contributed by atoms with Crippen molar-refractivity contribution in [3.63, 3.8) is 0 Å². The van der Waals surface area contributed by atoms with Crippen LogP contribution < -0.4 is 9.46 Å². The third-order valence-electron chi connectivity index (χ3n) is 3.63. The summed E-state index contributed by atoms with van der Waals surface area (Å²) in [6, 6.07) is 10.9. The SMILES string of the molecule is O=S(=O)(NCc1ccnc(-c2ccncc2)c1)c1ccc(OC(F)(F)F)cc1. The molecule has 3 rings (SSSR count). The summed E-state index contributed by atoms with van der Waals surface area (Å²) in [5.41, 5.74) is 2.16. The van der Waals surface area contributed by atoms with E-state index in [9.17, 15) is 21.6 Å². The molecule has 0 saturated heterocycles. The molecule has 0 aliphatic rings. The number of rotatable bonds is 6. The fourth-order valence-corrected chi connectivity index (χ4v) is 3.36. The first-order valence-electron chi connectivity index (χ1n) is 7.94. The van der Waals surface area contributed by atoms with Gasteiger partial charge < -0.3 is 4.74 Å². The van der Waals surface area contributed by atoms with E-state index < -0.39 is 22.1 Å². The van der Waals surface area contributed by atoms with E-state index in [2.05, 4.69) is 19.4 Å². The number of ether oxygens (including phenoxy) is 1. The molecule has 0 aliphatic heterocycles. The van der Waals surface area contributed by atoms with E-state index in [1.54, 1.807) is 42.9 Å². The lowest BCUT2D eigenvalue weighted by molar-refractivity contribution is -0.274. The van der Waals surface area contributed by atoms with Crippen LogP contribution in [0.4, 0.5) is 13.2 Å². The molecule has 3 aromatic rings. The lowest BCUT2D eigenvalue weighted by Crippen LogP contribution is -2.23. The van der Waals surface area contributed by atoms with Crippen molar-refractivity contribution in [2.75, 3.05) is 0 Å². The van der Waals surface area contributed by atoms with Crippen molar-refractivity contribution in [1.82, 2.24) is 14.7 Å². The molecule has 1 N–H and O–H groups in total. The average molecular weight is 409 g/mol. The zero-order chi connectivity index (χ0) is 20.2. The van der Waals surface area contributed by atoms with Gasteiger partial charge in [0, 0.05) is 30.7 Å². The minimum absolute atomic E-state index is 0.0102. The summed E-state index contributed by atoms with van der Waals surface area (Å²) < 4.78 is 67.4. The van der Waals surface area contributed by atoms with Crippen LogP contribution in [0.1, 0.15) is 5.56 Å². The second kappa shape index (κ2) is 7.95. The van der Waals surface area contributed by atoms with E-state index >= 15 is 0 Å². The topological polar surface area (TPSA) is 81.2 Å². The van der Waals surface area contributed by atoms with E-state index in [0.717, 1.165) is 29.8 Å². The third-order valence-corrected chi connectivity index (χ3v) is 5.05. The number of halogens is 3. The van der Waals surface area contributed by atoms with Crippen LogP contribution in [0, 0.1) is 0 Å². The van der Waals surface area contributed by atoms with Gasteiger partial charge in [-0.25, -0.2) is 13.1 Å². The fourth-order valence-electron chi connectivity index (χ4n) is 2.35. The molecule has 0 bridgehead atoms. The van der Waals surface area contributed by atoms with Crippen LogP contribution in [0.5, 0.6) is 5.75 Å². The van der Waals surface area contributed by atoms with Gasteiger partial charge in [0.15, 0.2) is 0 Å². The summed E-state index contributed by atoms with van der Waals surface area (Å²) in [5.74, 6) is -0.498. The van der Waals surface area contributed by atoms with Crippen molar-refractivity contribution < 1.29 is 26.3 Å². The van der Waals surface area contributed by atoms with Crippen molar-refractivity contribution in [2.45, 2.75) is 17.8 Å². The van der Waals surface area contributed by atoms with Gasteiger partial charge in [0.05, 0.1) is 10.6 Å². The highest BCUT2D eigenvalue weighted by Gasteiger charge is 2.31. The molecule has 2 heterocycles. The van der Waals surface area contributed by atoms with Crippen molar-refractivity contribution in [2.24, 2.45) is 0 Å². The van der Waals surface area contributed by atoms with Crippen LogP contribution in [0.3, 0.4) is 0 Å². The van der Waals surface area contributed by atoms with Gasteiger partial charge in [-0.2, -0.15) is 0 Å². The number of alkyl halides is 3. The Morgan fingerprint density at radius 1 is 0.964 bits per heavy atom. The van der Waals surface area contributed by atoms with Crippen molar-refractivity contribution in [1.29, 1.82) is 0 Å². The first-order chi connectivity index (χ1) is 13.2. The molecule has 28 heavy (non-hydrogen) atoms. The zero-order valence-corrected chi connectivity index (χ0v) is 15.0. The predicted molar refractivity (Wildman–Crippen MR) is 94.6 cm³/mol. The maximum atomic E-state index is 12.4. The van der Waals surface area contributed by atoms with Crippen LogP contribution in [0.25, 0.3) is 11.3 Å². The van der Waals surface area contributed by atoms with Gasteiger partial charge in [-0.05, 0) is 54.1 Å². The van der Waals surface area contributed by atoms with Gasteiger partial charge >= 0.3 is 6.36 Å². The molecule has 0 spiro atoms. The molecule has 0 fully saturated rings. The highest BCUT2D eigenvalue weighted by molar-refractivity contribution is 7.89. The van der Waals surface area contributed by atoms with E-state index in [-0.39, 0.29) is 11.4 Å². The molecule has 0 atom stereocenters. The number of sulfonamides is 1. The number of aromatic nitrogens is 2. The van der Waals surface area contributed by atoms with E-state index in [1.165, 1.54) is 0 Å². The molecule has 10 heteroatoms. The third kappa shape index (κ3) is 5.27. The van der Waals surface area contributed by atoms with Gasteiger partial charge in [0.1, 0.15) is 5.75 Å². The summed E-state index contributed by atoms with van der Waals surface area (Å²) >= 11 is 0. The van der Waals surface area contributed by atoms with E-state index in [1.807, 2.05) is 0 Å². The molecular formula is C18H14F3N3O3S. The number of nitrogens with zero attached hydrogens (tertiary/aromatic N) is 2. The zero-order valence-electron chi connectivity index (χ0n) is 14.2. The van der Waals surface area contributed by atoms with Gasteiger partial charge in [-0.1, -0.05) is 0 Å². The number of nitrogens with one attached hydrogen (secondary N) is 1. The minimum atomic E-state index is -4.84. The highest BCUT2D eigenvalue weighted by atomic mass is 32.2. The first kappa shape index (κ1) is 19.8. The Labute approximate surface area is 159 Å². The maximum Gasteiger partial charge on any atom is 0.573 e. The quantitative estimate of drug-likeness (QED) is 0.674. The fraction of sp³-hybridized carbons (Fsp3) is 0.111. The average Bonchev–Trinajstić information content (AvgIpc) is 2.67. The summed E-state index contributed by atoms with van der Waals surface area (Å²) in [6.07, 6.45) is -0.0354. The Balaban J connectivity index is 1.70. The van der Waals surface area contributed by atoms with Gasteiger partial charge in [-0.15, -0.1) is 13.2 Å². The number of benzene rings is 1. The normalized spacial score (nSPS) is 12.0. The lowest BCUT2D eigenvalue weighted by Gasteiger charge is -2.10. The summed E-state index contributed by atoms with van der Waals surface area (Å²) in [7, 11) is -3.91. The molecule has 146 valence electrons. The smallest absolute Gasteiger partial charge is 0.406 e. The highest BCUT2D eigenvalue weighted by Crippen LogP contribution is 2.24. The standard InChI is InChI=1S/C18H14F3N3O3S/c19-18(20,21)27-15-1-3-16(4-2-15)28(25,26)24-12-13-5-10-23-17(11-13)14-6-8-22-9-7-14/h1-11,24H,12H2. The Kier molecular flexibility index (Phi) is 5.61. The monoisotopic (exact) mass is 409 g/mol. The Bertz CT molecular complexity index is 1040. The van der Waals surface area contributed by atoms with Gasteiger partial charge in [0.2, 0.25) is 10.0 Å². The van der Waals surface area contributed by atoms with E-state index in [4.69, 9.17) is 0 Å². The van der Waals surface area contributed by atoms with E-state index in [0.29, 0.717) is 11.3 Å². The molecule has 6 nitrogen and oxygen atoms in total. The molecular weight excluding hydrogens is 395 g/mol. The van der Waals surface area contributed by atoms with Crippen LogP contribution in [-0.4, -0.2) is 24.7 Å². The Hall–Kier alpha value is -2.98. The van der Waals surface area contributed by atoms with Crippen molar-refractivity contribution in [3.8, 4) is 17.0 Å². The second-order valence-corrected chi connectivity index (χ2v) is 7.40. The second-order valence-electron chi connectivity index (χ2n) is 5.63. The molecule has 2 aromatic heterocycles. The summed E-state index contributed by atoms with van der Waals surface area (Å²) in [6.45, 7) is -0.0102. The van der Waals surface area contributed by atoms with Crippen LogP contribution in [0.15, 0.2) is 72.0 Å².